The number of ether oxygens (including phenoxy) is 2. The first-order valence-corrected chi connectivity index (χ1v) is 9.89. The molecule has 4 nitrogen and oxygen atoms in total. The molecular weight excluding hydrogens is 419 g/mol. The maximum Gasteiger partial charge on any atom is 0.331 e. The van der Waals surface area contributed by atoms with Crippen LogP contribution in [0.5, 0.6) is 11.5 Å². The number of halogens is 1. The van der Waals surface area contributed by atoms with Gasteiger partial charge in [0.25, 0.3) is 0 Å². The Morgan fingerprint density at radius 2 is 1.79 bits per heavy atom. The molecular formula is C19H27IO4. The van der Waals surface area contributed by atoms with E-state index in [0.29, 0.717) is 18.1 Å². The Bertz CT molecular complexity index is 540. The van der Waals surface area contributed by atoms with Gasteiger partial charge in [-0.25, -0.2) is 4.79 Å². The second-order valence-electron chi connectivity index (χ2n) is 5.70. The Labute approximate surface area is 158 Å². The Kier molecular flexibility index (Phi) is 10.5. The van der Waals surface area contributed by atoms with Crippen molar-refractivity contribution in [3.8, 4) is 11.5 Å². The van der Waals surface area contributed by atoms with Crippen LogP contribution in [0.3, 0.4) is 0 Å². The minimum absolute atomic E-state index is 0.285. The van der Waals surface area contributed by atoms with Crippen LogP contribution >= 0.6 is 22.6 Å². The van der Waals surface area contributed by atoms with Gasteiger partial charge in [-0.3, -0.25) is 0 Å². The molecule has 0 bridgehead atoms. The third kappa shape index (κ3) is 8.04. The number of methoxy groups -OCH3 is 1. The van der Waals surface area contributed by atoms with Crippen molar-refractivity contribution >= 4 is 34.6 Å². The van der Waals surface area contributed by atoms with Gasteiger partial charge < -0.3 is 14.6 Å². The zero-order valence-electron chi connectivity index (χ0n) is 14.5. The van der Waals surface area contributed by atoms with E-state index in [1.165, 1.54) is 36.5 Å². The van der Waals surface area contributed by atoms with E-state index in [1.54, 1.807) is 26.2 Å². The molecule has 1 aromatic carbocycles. The lowest BCUT2D eigenvalue weighted by molar-refractivity contribution is -0.132. The number of benzene rings is 1. The number of unbranched alkanes of at least 4 members (excludes halogenated alkanes) is 5. The van der Waals surface area contributed by atoms with Gasteiger partial charge >= 0.3 is 5.97 Å². The average molecular weight is 446 g/mol. The summed E-state index contributed by atoms with van der Waals surface area (Å²) >= 11 is 2.42. The van der Waals surface area contributed by atoms with Crippen molar-refractivity contribution in [1.29, 1.82) is 0 Å². The van der Waals surface area contributed by atoms with Gasteiger partial charge in [-0.05, 0) is 48.0 Å². The van der Waals surface area contributed by atoms with Gasteiger partial charge in [-0.2, -0.15) is 0 Å². The van der Waals surface area contributed by atoms with Crippen LogP contribution < -0.4 is 9.47 Å². The van der Waals surface area contributed by atoms with Gasteiger partial charge in [0, 0.05) is 5.57 Å². The topological polar surface area (TPSA) is 55.8 Å². The second-order valence-corrected chi connectivity index (χ2v) is 6.78. The van der Waals surface area contributed by atoms with Crippen LogP contribution in [0.1, 0.15) is 51.0 Å². The van der Waals surface area contributed by atoms with Crippen molar-refractivity contribution in [2.75, 3.05) is 18.1 Å². The van der Waals surface area contributed by atoms with Crippen molar-refractivity contribution in [3.05, 3.63) is 29.3 Å². The zero-order chi connectivity index (χ0) is 17.8. The highest BCUT2D eigenvalue weighted by Crippen LogP contribution is 2.29. The molecule has 0 aliphatic rings. The monoisotopic (exact) mass is 446 g/mol. The van der Waals surface area contributed by atoms with Gasteiger partial charge in [0.2, 0.25) is 0 Å². The van der Waals surface area contributed by atoms with Crippen LogP contribution in [0.15, 0.2) is 23.8 Å². The van der Waals surface area contributed by atoms with Gasteiger partial charge in [0.05, 0.1) is 13.7 Å². The van der Waals surface area contributed by atoms with Gasteiger partial charge in [-0.1, -0.05) is 54.3 Å². The lowest BCUT2D eigenvalue weighted by atomic mass is 10.1. The SMILES string of the molecule is COc1cc(C=C(C)C(=O)O)ccc1OCCCCCCCCI. The second kappa shape index (κ2) is 12.2. The van der Waals surface area contributed by atoms with Crippen molar-refractivity contribution in [3.63, 3.8) is 0 Å². The molecule has 0 atom stereocenters. The number of rotatable bonds is 12. The molecule has 24 heavy (non-hydrogen) atoms. The lowest BCUT2D eigenvalue weighted by Crippen LogP contribution is -2.00. The molecule has 0 saturated carbocycles. The minimum atomic E-state index is -0.923. The lowest BCUT2D eigenvalue weighted by Gasteiger charge is -2.11. The molecule has 1 rings (SSSR count). The molecule has 5 heteroatoms. The number of hydrogen-bond donors (Lipinski definition) is 1. The number of hydrogen-bond acceptors (Lipinski definition) is 3. The van der Waals surface area contributed by atoms with Crippen LogP contribution in [-0.2, 0) is 4.79 Å². The van der Waals surface area contributed by atoms with Crippen molar-refractivity contribution < 1.29 is 19.4 Å². The van der Waals surface area contributed by atoms with Gasteiger partial charge in [0.1, 0.15) is 0 Å². The number of aliphatic carboxylic acids is 1. The van der Waals surface area contributed by atoms with Crippen LogP contribution in [0.25, 0.3) is 6.08 Å². The van der Waals surface area contributed by atoms with E-state index in [4.69, 9.17) is 14.6 Å². The molecule has 0 fully saturated rings. The predicted molar refractivity (Wildman–Crippen MR) is 106 cm³/mol. The molecule has 134 valence electrons. The maximum atomic E-state index is 10.9. The number of carboxylic acid groups (broad SMARTS) is 1. The molecule has 0 aromatic heterocycles. The Morgan fingerprint density at radius 3 is 2.42 bits per heavy atom. The van der Waals surface area contributed by atoms with Crippen molar-refractivity contribution in [2.24, 2.45) is 0 Å². The Morgan fingerprint density at radius 1 is 1.12 bits per heavy atom. The molecule has 0 radical (unpaired) electrons. The standard InChI is InChI=1S/C19H27IO4/c1-15(19(21)22)13-16-9-10-17(18(14-16)23-2)24-12-8-6-4-3-5-7-11-20/h9-10,13-14H,3-8,11-12H2,1-2H3,(H,21,22). The summed E-state index contributed by atoms with van der Waals surface area (Å²) in [4.78, 5) is 10.9. The molecule has 1 aromatic rings. The van der Waals surface area contributed by atoms with E-state index < -0.39 is 5.97 Å². The Balaban J connectivity index is 2.45. The largest absolute Gasteiger partial charge is 0.493 e. The number of carboxylic acids is 1. The minimum Gasteiger partial charge on any atom is -0.493 e. The summed E-state index contributed by atoms with van der Waals surface area (Å²) in [6, 6.07) is 5.47. The van der Waals surface area contributed by atoms with Crippen LogP contribution in [-0.4, -0.2) is 29.2 Å². The molecule has 0 aliphatic carbocycles. The predicted octanol–water partition coefficient (Wildman–Crippen LogP) is 5.34. The first-order valence-electron chi connectivity index (χ1n) is 8.37. The highest BCUT2D eigenvalue weighted by Gasteiger charge is 2.06. The third-order valence-electron chi connectivity index (χ3n) is 3.69. The molecule has 0 spiro atoms. The van der Waals surface area contributed by atoms with Gasteiger partial charge in [0.15, 0.2) is 11.5 Å². The first kappa shape index (κ1) is 20.8. The third-order valence-corrected chi connectivity index (χ3v) is 4.46. The highest BCUT2D eigenvalue weighted by atomic mass is 127. The van der Waals surface area contributed by atoms with E-state index >= 15 is 0 Å². The molecule has 0 amide bonds. The molecule has 0 heterocycles. The molecule has 1 N–H and O–H groups in total. The first-order chi connectivity index (χ1) is 11.6. The van der Waals surface area contributed by atoms with Crippen molar-refractivity contribution in [1.82, 2.24) is 0 Å². The van der Waals surface area contributed by atoms with Crippen LogP contribution in [0.2, 0.25) is 0 Å². The quantitative estimate of drug-likeness (QED) is 0.204. The highest BCUT2D eigenvalue weighted by molar-refractivity contribution is 14.1. The smallest absolute Gasteiger partial charge is 0.331 e. The fourth-order valence-electron chi connectivity index (χ4n) is 2.29. The average Bonchev–Trinajstić information content (AvgIpc) is 2.57. The maximum absolute atomic E-state index is 10.9. The van der Waals surface area contributed by atoms with Crippen LogP contribution in [0.4, 0.5) is 0 Å². The summed E-state index contributed by atoms with van der Waals surface area (Å²) in [5.41, 5.74) is 1.07. The van der Waals surface area contributed by atoms with E-state index in [0.717, 1.165) is 12.0 Å². The fraction of sp³-hybridized carbons (Fsp3) is 0.526. The fourth-order valence-corrected chi connectivity index (χ4v) is 2.83. The van der Waals surface area contributed by atoms with E-state index in [-0.39, 0.29) is 5.57 Å². The molecule has 0 unspecified atom stereocenters. The summed E-state index contributed by atoms with van der Waals surface area (Å²) in [5, 5.41) is 8.93. The number of carbonyl (C=O) groups is 1. The Hall–Kier alpha value is -1.24. The molecule has 0 aliphatic heterocycles. The summed E-state index contributed by atoms with van der Waals surface area (Å²) in [5.74, 6) is 0.407. The summed E-state index contributed by atoms with van der Waals surface area (Å²) < 4.78 is 12.4. The zero-order valence-corrected chi connectivity index (χ0v) is 16.7. The molecule has 0 saturated heterocycles. The van der Waals surface area contributed by atoms with Crippen molar-refractivity contribution in [2.45, 2.75) is 45.4 Å². The summed E-state index contributed by atoms with van der Waals surface area (Å²) in [6.45, 7) is 2.24. The van der Waals surface area contributed by atoms with E-state index in [9.17, 15) is 4.79 Å². The van der Waals surface area contributed by atoms with E-state index in [1.807, 2.05) is 12.1 Å². The van der Waals surface area contributed by atoms with E-state index in [2.05, 4.69) is 22.6 Å². The summed E-state index contributed by atoms with van der Waals surface area (Å²) in [7, 11) is 1.59. The van der Waals surface area contributed by atoms with Gasteiger partial charge in [-0.15, -0.1) is 0 Å². The normalized spacial score (nSPS) is 11.4. The number of alkyl halides is 1. The van der Waals surface area contributed by atoms with Crippen LogP contribution in [0, 0.1) is 0 Å². The summed E-state index contributed by atoms with van der Waals surface area (Å²) in [6.07, 6.45) is 9.03.